The van der Waals surface area contributed by atoms with E-state index in [-0.39, 0.29) is 11.5 Å². The number of aliphatic hydroxyl groups is 1. The first kappa shape index (κ1) is 14.5. The highest BCUT2D eigenvalue weighted by Gasteiger charge is 2.58. The highest BCUT2D eigenvalue weighted by molar-refractivity contribution is 5.08. The molecule has 0 aliphatic heterocycles. The van der Waals surface area contributed by atoms with Crippen LogP contribution in [0.5, 0.6) is 0 Å². The van der Waals surface area contributed by atoms with Crippen LogP contribution in [-0.2, 0) is 0 Å². The number of hydrogen-bond donors (Lipinski definition) is 1. The predicted molar refractivity (Wildman–Crippen MR) is 86.9 cm³/mol. The van der Waals surface area contributed by atoms with E-state index in [0.29, 0.717) is 5.92 Å². The van der Waals surface area contributed by atoms with Crippen molar-refractivity contribution in [3.63, 3.8) is 0 Å². The summed E-state index contributed by atoms with van der Waals surface area (Å²) in [6, 6.07) is 0. The van der Waals surface area contributed by atoms with Crippen molar-refractivity contribution in [3.8, 4) is 0 Å². The molecule has 0 bridgehead atoms. The van der Waals surface area contributed by atoms with Gasteiger partial charge in [-0.1, -0.05) is 39.5 Å². The molecule has 4 fully saturated rings. The van der Waals surface area contributed by atoms with Gasteiger partial charge in [-0.3, -0.25) is 0 Å². The van der Waals surface area contributed by atoms with Crippen molar-refractivity contribution >= 4 is 0 Å². The van der Waals surface area contributed by atoms with Crippen molar-refractivity contribution in [2.75, 3.05) is 0 Å². The Balaban J connectivity index is 1.59. The third-order valence-electron chi connectivity index (χ3n) is 8.52. The summed E-state index contributed by atoms with van der Waals surface area (Å²) < 4.78 is 0. The molecule has 4 saturated carbocycles. The van der Waals surface area contributed by atoms with Crippen molar-refractivity contribution in [1.82, 2.24) is 0 Å². The summed E-state index contributed by atoms with van der Waals surface area (Å²) >= 11 is 0. The van der Waals surface area contributed by atoms with Crippen molar-refractivity contribution in [1.29, 1.82) is 0 Å². The van der Waals surface area contributed by atoms with Crippen LogP contribution in [0.15, 0.2) is 0 Å². The first-order valence-corrected chi connectivity index (χ1v) is 9.83. The van der Waals surface area contributed by atoms with Crippen molar-refractivity contribution in [2.24, 2.45) is 40.9 Å². The zero-order valence-corrected chi connectivity index (χ0v) is 14.1. The Labute approximate surface area is 130 Å². The van der Waals surface area contributed by atoms with E-state index in [1.54, 1.807) is 0 Å². The lowest BCUT2D eigenvalue weighted by Gasteiger charge is -2.55. The third-order valence-corrected chi connectivity index (χ3v) is 8.52. The van der Waals surface area contributed by atoms with E-state index < -0.39 is 0 Å². The van der Waals surface area contributed by atoms with Gasteiger partial charge in [-0.05, 0) is 79.4 Å². The molecule has 0 radical (unpaired) electrons. The molecule has 1 unspecified atom stereocenters. The van der Waals surface area contributed by atoms with Crippen LogP contribution in [0.25, 0.3) is 0 Å². The molecule has 0 amide bonds. The lowest BCUT2D eigenvalue weighted by atomic mass is 9.50. The van der Waals surface area contributed by atoms with Crippen LogP contribution >= 0.6 is 0 Å². The zero-order chi connectivity index (χ0) is 14.6. The summed E-state index contributed by atoms with van der Waals surface area (Å²) in [5.74, 6) is 5.51. The van der Waals surface area contributed by atoms with Gasteiger partial charge in [0, 0.05) is 0 Å². The van der Waals surface area contributed by atoms with E-state index in [4.69, 9.17) is 0 Å². The standard InChI is InChI=1S/C20H34O/c1-3-13-12-18-17-9-8-14-6-4-5-7-15(14)16(17)10-11-20(18,2)19(13)21/h13-19,21H,3-12H2,1-2H3/t13-,14?,15-,16+,17+,18-,19-,20-/m0/s1. The molecule has 1 heteroatoms. The van der Waals surface area contributed by atoms with Crippen LogP contribution in [0.4, 0.5) is 0 Å². The average Bonchev–Trinajstić information content (AvgIpc) is 2.78. The molecule has 0 aromatic heterocycles. The maximum absolute atomic E-state index is 10.9. The molecule has 4 rings (SSSR count). The van der Waals surface area contributed by atoms with Gasteiger partial charge in [-0.2, -0.15) is 0 Å². The predicted octanol–water partition coefficient (Wildman–Crippen LogP) is 5.03. The van der Waals surface area contributed by atoms with Crippen LogP contribution in [0.3, 0.4) is 0 Å². The Morgan fingerprint density at radius 2 is 1.76 bits per heavy atom. The quantitative estimate of drug-likeness (QED) is 0.718. The second kappa shape index (κ2) is 5.25. The molecule has 4 aliphatic rings. The van der Waals surface area contributed by atoms with E-state index in [1.807, 2.05) is 0 Å². The molecule has 120 valence electrons. The molecule has 8 atom stereocenters. The monoisotopic (exact) mass is 290 g/mol. The van der Waals surface area contributed by atoms with Crippen LogP contribution in [0.1, 0.15) is 78.1 Å². The maximum Gasteiger partial charge on any atom is 0.0624 e. The molecule has 0 aromatic carbocycles. The van der Waals surface area contributed by atoms with Crippen LogP contribution < -0.4 is 0 Å². The molecular formula is C20H34O. The molecule has 0 saturated heterocycles. The molecular weight excluding hydrogens is 256 g/mol. The van der Waals surface area contributed by atoms with Crippen molar-refractivity contribution in [2.45, 2.75) is 84.2 Å². The van der Waals surface area contributed by atoms with Gasteiger partial charge in [-0.15, -0.1) is 0 Å². The van der Waals surface area contributed by atoms with Crippen molar-refractivity contribution in [3.05, 3.63) is 0 Å². The topological polar surface area (TPSA) is 20.2 Å². The van der Waals surface area contributed by atoms with Gasteiger partial charge >= 0.3 is 0 Å². The van der Waals surface area contributed by atoms with Gasteiger partial charge in [0.2, 0.25) is 0 Å². The number of aliphatic hydroxyl groups excluding tert-OH is 1. The highest BCUT2D eigenvalue weighted by atomic mass is 16.3. The Kier molecular flexibility index (Phi) is 3.64. The number of fused-ring (bicyclic) bond motifs is 5. The van der Waals surface area contributed by atoms with E-state index in [0.717, 1.165) is 29.6 Å². The summed E-state index contributed by atoms with van der Waals surface area (Å²) in [6.07, 6.45) is 14.2. The van der Waals surface area contributed by atoms with Gasteiger partial charge < -0.3 is 5.11 Å². The average molecular weight is 290 g/mol. The second-order valence-corrected chi connectivity index (χ2v) is 9.11. The third kappa shape index (κ3) is 2.06. The molecule has 4 aliphatic carbocycles. The van der Waals surface area contributed by atoms with Crippen LogP contribution in [-0.4, -0.2) is 11.2 Å². The lowest BCUT2D eigenvalue weighted by molar-refractivity contribution is -0.0841. The van der Waals surface area contributed by atoms with Gasteiger partial charge in [0.25, 0.3) is 0 Å². The zero-order valence-electron chi connectivity index (χ0n) is 14.1. The number of rotatable bonds is 1. The van der Waals surface area contributed by atoms with Crippen LogP contribution in [0.2, 0.25) is 0 Å². The molecule has 1 N–H and O–H groups in total. The van der Waals surface area contributed by atoms with Gasteiger partial charge in [-0.25, -0.2) is 0 Å². The molecule has 0 heterocycles. The molecule has 0 aromatic rings. The Hall–Kier alpha value is -0.0400. The fourth-order valence-electron chi connectivity index (χ4n) is 7.37. The summed E-state index contributed by atoms with van der Waals surface area (Å²) in [7, 11) is 0. The smallest absolute Gasteiger partial charge is 0.0624 e. The minimum atomic E-state index is -0.0162. The Morgan fingerprint density at radius 1 is 0.952 bits per heavy atom. The largest absolute Gasteiger partial charge is 0.392 e. The first-order chi connectivity index (χ1) is 10.1. The minimum Gasteiger partial charge on any atom is -0.392 e. The molecule has 21 heavy (non-hydrogen) atoms. The molecule has 0 spiro atoms. The summed E-state index contributed by atoms with van der Waals surface area (Å²) in [5, 5.41) is 10.9. The summed E-state index contributed by atoms with van der Waals surface area (Å²) in [4.78, 5) is 0. The highest BCUT2D eigenvalue weighted by Crippen LogP contribution is 2.63. The summed E-state index contributed by atoms with van der Waals surface area (Å²) in [5.41, 5.74) is 0.253. The first-order valence-electron chi connectivity index (χ1n) is 9.83. The fourth-order valence-corrected chi connectivity index (χ4v) is 7.37. The van der Waals surface area contributed by atoms with Gasteiger partial charge in [0.15, 0.2) is 0 Å². The van der Waals surface area contributed by atoms with Gasteiger partial charge in [0.1, 0.15) is 0 Å². The van der Waals surface area contributed by atoms with Gasteiger partial charge in [0.05, 0.1) is 6.10 Å². The fraction of sp³-hybridized carbons (Fsp3) is 1.00. The SMILES string of the molecule is CC[C@H]1C[C@H]2[C@@H]3CCC4CCCC[C@@H]4[C@H]3CC[C@]2(C)[C@H]1O. The van der Waals surface area contributed by atoms with Crippen LogP contribution in [0, 0.1) is 40.9 Å². The second-order valence-electron chi connectivity index (χ2n) is 9.11. The van der Waals surface area contributed by atoms with E-state index in [2.05, 4.69) is 13.8 Å². The van der Waals surface area contributed by atoms with E-state index in [9.17, 15) is 5.11 Å². The number of hydrogen-bond acceptors (Lipinski definition) is 1. The molecule has 1 nitrogen and oxygen atoms in total. The lowest BCUT2D eigenvalue weighted by Crippen LogP contribution is -2.49. The maximum atomic E-state index is 10.9. The summed E-state index contributed by atoms with van der Waals surface area (Å²) in [6.45, 7) is 4.71. The Morgan fingerprint density at radius 3 is 2.57 bits per heavy atom. The normalized spacial score (nSPS) is 56.4. The Bertz CT molecular complexity index is 391. The van der Waals surface area contributed by atoms with E-state index >= 15 is 0 Å². The van der Waals surface area contributed by atoms with Crippen molar-refractivity contribution < 1.29 is 5.11 Å². The van der Waals surface area contributed by atoms with E-state index in [1.165, 1.54) is 64.2 Å². The minimum absolute atomic E-state index is 0.0162.